The molecule has 0 radical (unpaired) electrons. The van der Waals surface area contributed by atoms with Gasteiger partial charge in [0.1, 0.15) is 5.82 Å². The Morgan fingerprint density at radius 1 is 1.15 bits per heavy atom. The van der Waals surface area contributed by atoms with Crippen molar-refractivity contribution >= 4 is 16.1 Å². The van der Waals surface area contributed by atoms with Crippen molar-refractivity contribution in [1.29, 1.82) is 0 Å². The van der Waals surface area contributed by atoms with Gasteiger partial charge in [-0.3, -0.25) is 0 Å². The molecule has 2 atom stereocenters. The van der Waals surface area contributed by atoms with E-state index < -0.39 is 34.1 Å². The summed E-state index contributed by atoms with van der Waals surface area (Å²) >= 11 is 0. The summed E-state index contributed by atoms with van der Waals surface area (Å²) in [7, 11) is -3.98. The van der Waals surface area contributed by atoms with Crippen LogP contribution in [0.1, 0.15) is 38.2 Å². The maximum Gasteiger partial charge on any atom is 0.407 e. The molecule has 1 aliphatic carbocycles. The van der Waals surface area contributed by atoms with Crippen LogP contribution >= 0.6 is 0 Å². The number of amides is 1. The molecule has 0 aromatic heterocycles. The van der Waals surface area contributed by atoms with Crippen molar-refractivity contribution in [2.45, 2.75) is 56.1 Å². The van der Waals surface area contributed by atoms with E-state index in [9.17, 15) is 22.7 Å². The maximum absolute atomic E-state index is 13.5. The van der Waals surface area contributed by atoms with Crippen LogP contribution in [0.5, 0.6) is 0 Å². The summed E-state index contributed by atoms with van der Waals surface area (Å²) in [6.45, 7) is 1.90. The zero-order valence-corrected chi connectivity index (χ0v) is 20.2. The first-order chi connectivity index (χ1) is 16.3. The summed E-state index contributed by atoms with van der Waals surface area (Å²) in [4.78, 5) is 12.1. The topological polar surface area (TPSA) is 95.9 Å². The van der Waals surface area contributed by atoms with Crippen LogP contribution in [0.3, 0.4) is 0 Å². The SMILES string of the molecule is CCOC(=O)NC(Cc1ccccc1)[C@@H](O)CN(CC1CCCC1)S(=O)(=O)c1ccc(F)cc1. The van der Waals surface area contributed by atoms with Crippen LogP contribution in [0.2, 0.25) is 0 Å². The van der Waals surface area contributed by atoms with E-state index in [1.165, 1.54) is 16.4 Å². The van der Waals surface area contributed by atoms with E-state index in [0.717, 1.165) is 43.4 Å². The average Bonchev–Trinajstić information content (AvgIpc) is 3.32. The molecule has 2 N–H and O–H groups in total. The number of carbonyl (C=O) groups is 1. The predicted octanol–water partition coefficient (Wildman–Crippen LogP) is 3.72. The van der Waals surface area contributed by atoms with Crippen LogP contribution in [0.25, 0.3) is 0 Å². The molecule has 186 valence electrons. The maximum atomic E-state index is 13.5. The number of sulfonamides is 1. The second kappa shape index (κ2) is 12.3. The lowest BCUT2D eigenvalue weighted by Crippen LogP contribution is -2.51. The Bertz CT molecular complexity index is 1010. The highest BCUT2D eigenvalue weighted by Gasteiger charge is 2.33. The number of hydrogen-bond acceptors (Lipinski definition) is 5. The minimum atomic E-state index is -3.98. The third-order valence-corrected chi connectivity index (χ3v) is 7.97. The second-order valence-corrected chi connectivity index (χ2v) is 10.6. The van der Waals surface area contributed by atoms with Crippen LogP contribution in [0.15, 0.2) is 59.5 Å². The molecule has 3 rings (SSSR count). The molecule has 0 bridgehead atoms. The predicted molar refractivity (Wildman–Crippen MR) is 127 cm³/mol. The number of hydrogen-bond donors (Lipinski definition) is 2. The van der Waals surface area contributed by atoms with Gasteiger partial charge < -0.3 is 15.2 Å². The summed E-state index contributed by atoms with van der Waals surface area (Å²) in [6, 6.07) is 13.2. The molecule has 1 unspecified atom stereocenters. The third-order valence-electron chi connectivity index (χ3n) is 6.12. The molecule has 0 spiro atoms. The molecule has 7 nitrogen and oxygen atoms in total. The molecule has 0 aliphatic heterocycles. The summed E-state index contributed by atoms with van der Waals surface area (Å²) in [6.07, 6.45) is 2.35. The van der Waals surface area contributed by atoms with Crippen molar-refractivity contribution in [2.75, 3.05) is 19.7 Å². The van der Waals surface area contributed by atoms with E-state index in [0.29, 0.717) is 6.42 Å². The monoisotopic (exact) mass is 492 g/mol. The number of nitrogens with one attached hydrogen (secondary N) is 1. The number of ether oxygens (including phenoxy) is 1. The molecular weight excluding hydrogens is 459 g/mol. The molecule has 1 fully saturated rings. The zero-order chi connectivity index (χ0) is 24.6. The van der Waals surface area contributed by atoms with E-state index in [1.807, 2.05) is 30.3 Å². The van der Waals surface area contributed by atoms with Crippen molar-refractivity contribution in [3.8, 4) is 0 Å². The van der Waals surface area contributed by atoms with Gasteiger partial charge >= 0.3 is 6.09 Å². The standard InChI is InChI=1S/C25H33FN2O5S/c1-2-33-25(30)27-23(16-19-8-4-3-5-9-19)24(29)18-28(17-20-10-6-7-11-20)34(31,32)22-14-12-21(26)13-15-22/h3-5,8-9,12-15,20,23-24,29H,2,6-7,10-11,16-18H2,1H3,(H,27,30)/t23?,24-/m0/s1. The molecule has 0 heterocycles. The number of nitrogens with zero attached hydrogens (tertiary/aromatic N) is 1. The fraction of sp³-hybridized carbons (Fsp3) is 0.480. The number of aliphatic hydroxyl groups is 1. The smallest absolute Gasteiger partial charge is 0.407 e. The number of aliphatic hydroxyl groups excluding tert-OH is 1. The molecule has 2 aromatic rings. The van der Waals surface area contributed by atoms with E-state index in [1.54, 1.807) is 6.92 Å². The minimum absolute atomic E-state index is 0.0305. The molecule has 9 heteroatoms. The summed E-state index contributed by atoms with van der Waals surface area (Å²) in [5, 5.41) is 13.8. The summed E-state index contributed by atoms with van der Waals surface area (Å²) in [5.41, 5.74) is 0.882. The Kier molecular flexibility index (Phi) is 9.44. The third kappa shape index (κ3) is 7.25. The molecule has 1 aliphatic rings. The lowest BCUT2D eigenvalue weighted by molar-refractivity contribution is 0.0899. The second-order valence-electron chi connectivity index (χ2n) is 8.65. The normalized spacial score (nSPS) is 16.4. The van der Waals surface area contributed by atoms with Crippen molar-refractivity contribution in [1.82, 2.24) is 9.62 Å². The molecule has 0 saturated heterocycles. The lowest BCUT2D eigenvalue weighted by Gasteiger charge is -2.31. The van der Waals surface area contributed by atoms with Gasteiger partial charge in [-0.2, -0.15) is 4.31 Å². The highest BCUT2D eigenvalue weighted by Crippen LogP contribution is 2.28. The Labute approximate surface area is 201 Å². The van der Waals surface area contributed by atoms with Gasteiger partial charge in [0.15, 0.2) is 0 Å². The largest absolute Gasteiger partial charge is 0.450 e. The fourth-order valence-electron chi connectivity index (χ4n) is 4.32. The van der Waals surface area contributed by atoms with Gasteiger partial charge in [0.25, 0.3) is 0 Å². The van der Waals surface area contributed by atoms with Crippen LogP contribution < -0.4 is 5.32 Å². The van der Waals surface area contributed by atoms with Gasteiger partial charge in [-0.05, 0) is 61.9 Å². The van der Waals surface area contributed by atoms with Gasteiger partial charge in [0.2, 0.25) is 10.0 Å². The van der Waals surface area contributed by atoms with Crippen LogP contribution in [-0.2, 0) is 21.2 Å². The molecule has 1 amide bonds. The van der Waals surface area contributed by atoms with Crippen LogP contribution in [0, 0.1) is 11.7 Å². The van der Waals surface area contributed by atoms with Crippen molar-refractivity contribution in [3.05, 3.63) is 66.0 Å². The van der Waals surface area contributed by atoms with E-state index in [-0.39, 0.29) is 30.5 Å². The Morgan fingerprint density at radius 3 is 2.41 bits per heavy atom. The molecule has 1 saturated carbocycles. The van der Waals surface area contributed by atoms with Gasteiger partial charge in [0, 0.05) is 13.1 Å². The Balaban J connectivity index is 1.84. The van der Waals surface area contributed by atoms with Gasteiger partial charge in [-0.15, -0.1) is 0 Å². The van der Waals surface area contributed by atoms with Crippen molar-refractivity contribution in [3.63, 3.8) is 0 Å². The Hall–Kier alpha value is -2.49. The van der Waals surface area contributed by atoms with Crippen molar-refractivity contribution < 1.29 is 27.4 Å². The van der Waals surface area contributed by atoms with Gasteiger partial charge in [-0.25, -0.2) is 17.6 Å². The quantitative estimate of drug-likeness (QED) is 0.498. The van der Waals surface area contributed by atoms with E-state index in [2.05, 4.69) is 5.32 Å². The molecular formula is C25H33FN2O5S. The van der Waals surface area contributed by atoms with Crippen LogP contribution in [0.4, 0.5) is 9.18 Å². The Morgan fingerprint density at radius 2 is 1.79 bits per heavy atom. The lowest BCUT2D eigenvalue weighted by atomic mass is 10.0. The number of carbonyl (C=O) groups excluding carboxylic acids is 1. The first kappa shape index (κ1) is 26.1. The first-order valence-corrected chi connectivity index (χ1v) is 13.1. The van der Waals surface area contributed by atoms with Crippen LogP contribution in [-0.4, -0.2) is 55.8 Å². The average molecular weight is 493 g/mol. The number of alkyl carbamates (subject to hydrolysis) is 1. The minimum Gasteiger partial charge on any atom is -0.450 e. The number of halogens is 1. The first-order valence-electron chi connectivity index (χ1n) is 11.7. The zero-order valence-electron chi connectivity index (χ0n) is 19.4. The summed E-state index contributed by atoms with van der Waals surface area (Å²) in [5.74, 6) is -0.337. The van der Waals surface area contributed by atoms with E-state index in [4.69, 9.17) is 4.74 Å². The highest BCUT2D eigenvalue weighted by atomic mass is 32.2. The van der Waals surface area contributed by atoms with E-state index >= 15 is 0 Å². The molecule has 2 aromatic carbocycles. The fourth-order valence-corrected chi connectivity index (χ4v) is 5.85. The number of rotatable bonds is 11. The van der Waals surface area contributed by atoms with Gasteiger partial charge in [-0.1, -0.05) is 43.2 Å². The highest BCUT2D eigenvalue weighted by molar-refractivity contribution is 7.89. The number of benzene rings is 2. The summed E-state index contributed by atoms with van der Waals surface area (Å²) < 4.78 is 46.6. The molecule has 34 heavy (non-hydrogen) atoms. The van der Waals surface area contributed by atoms with Crippen molar-refractivity contribution in [2.24, 2.45) is 5.92 Å². The van der Waals surface area contributed by atoms with Gasteiger partial charge in [0.05, 0.1) is 23.6 Å².